The lowest BCUT2D eigenvalue weighted by molar-refractivity contribution is -0.130. The lowest BCUT2D eigenvalue weighted by Gasteiger charge is -2.11. The van der Waals surface area contributed by atoms with E-state index in [1.54, 1.807) is 0 Å². The highest BCUT2D eigenvalue weighted by Crippen LogP contribution is 2.29. The molecule has 112 valence electrons. The van der Waals surface area contributed by atoms with Crippen molar-refractivity contribution < 1.29 is 24.9 Å². The van der Waals surface area contributed by atoms with E-state index in [1.807, 2.05) is 0 Å². The number of carbonyl (C=O) groups excluding carboxylic acids is 1. The van der Waals surface area contributed by atoms with Crippen LogP contribution in [-0.4, -0.2) is 27.2 Å². The van der Waals surface area contributed by atoms with Crippen molar-refractivity contribution in [2.24, 2.45) is 5.73 Å². The summed E-state index contributed by atoms with van der Waals surface area (Å²) in [6, 6.07) is 10.9. The number of rotatable bonds is 4. The third-order valence-corrected chi connectivity index (χ3v) is 3.00. The van der Waals surface area contributed by atoms with Crippen LogP contribution in [0.4, 0.5) is 0 Å². The number of carboxylic acid groups (broad SMARTS) is 1. The van der Waals surface area contributed by atoms with Gasteiger partial charge in [0.05, 0.1) is 11.1 Å². The van der Waals surface area contributed by atoms with Crippen LogP contribution >= 0.6 is 0 Å². The molecule has 6 nitrogen and oxygen atoms in total. The normalized spacial score (nSPS) is 11.6. The topological polar surface area (TPSA) is 121 Å². The number of hydrogen-bond acceptors (Lipinski definition) is 4. The van der Waals surface area contributed by atoms with E-state index in [0.29, 0.717) is 0 Å². The maximum Gasteiger partial charge on any atom is 0.337 e. The van der Waals surface area contributed by atoms with Gasteiger partial charge in [0.2, 0.25) is 5.91 Å². The van der Waals surface area contributed by atoms with E-state index in [-0.39, 0.29) is 33.8 Å². The van der Waals surface area contributed by atoms with Crippen molar-refractivity contribution in [2.45, 2.75) is 0 Å². The second kappa shape index (κ2) is 6.01. The Morgan fingerprint density at radius 2 is 1.45 bits per heavy atom. The second-order valence-electron chi connectivity index (χ2n) is 4.52. The lowest BCUT2D eigenvalue weighted by atomic mass is 9.94. The Bertz CT molecular complexity index is 762. The molecule has 6 heteroatoms. The largest absolute Gasteiger partial charge is 0.508 e. The van der Waals surface area contributed by atoms with Crippen LogP contribution in [0.3, 0.4) is 0 Å². The molecule has 0 aromatic heterocycles. The summed E-state index contributed by atoms with van der Waals surface area (Å²) in [5, 5.41) is 28.3. The predicted octanol–water partition coefficient (Wildman–Crippen LogP) is 1.58. The number of hydrogen-bond donors (Lipinski definition) is 4. The first-order valence-corrected chi connectivity index (χ1v) is 6.26. The third kappa shape index (κ3) is 3.06. The predicted molar refractivity (Wildman–Crippen MR) is 79.9 cm³/mol. The van der Waals surface area contributed by atoms with E-state index in [0.717, 1.165) is 0 Å². The molecule has 0 radical (unpaired) electrons. The molecule has 0 saturated carbocycles. The fraction of sp³-hybridized carbons (Fsp3) is 0. The van der Waals surface area contributed by atoms with Crippen LogP contribution in [0.15, 0.2) is 48.5 Å². The number of amides is 1. The molecular formula is C16H13NO5. The molecular weight excluding hydrogens is 286 g/mol. The Morgan fingerprint density at radius 3 is 1.95 bits per heavy atom. The summed E-state index contributed by atoms with van der Waals surface area (Å²) in [6.07, 6.45) is 0. The standard InChI is InChI=1S/C16H13NO5/c17-15(20)13(9-4-6-11(18)7-5-9)14(16(21)22)10-2-1-3-12(19)8-10/h1-8,18-19H,(H2,17,20)(H,21,22)/b14-13-. The van der Waals surface area contributed by atoms with Gasteiger partial charge in [-0.3, -0.25) is 4.79 Å². The maximum absolute atomic E-state index is 11.8. The first-order chi connectivity index (χ1) is 10.4. The summed E-state index contributed by atoms with van der Waals surface area (Å²) in [7, 11) is 0. The molecule has 0 aliphatic rings. The summed E-state index contributed by atoms with van der Waals surface area (Å²) >= 11 is 0. The van der Waals surface area contributed by atoms with Crippen LogP contribution in [0.1, 0.15) is 11.1 Å². The van der Waals surface area contributed by atoms with Crippen LogP contribution in [0.2, 0.25) is 0 Å². The van der Waals surface area contributed by atoms with Crippen LogP contribution in [-0.2, 0) is 9.59 Å². The van der Waals surface area contributed by atoms with Crippen molar-refractivity contribution in [3.63, 3.8) is 0 Å². The molecule has 5 N–H and O–H groups in total. The maximum atomic E-state index is 11.8. The minimum absolute atomic E-state index is 0.0261. The van der Waals surface area contributed by atoms with Gasteiger partial charge >= 0.3 is 5.97 Å². The fourth-order valence-electron chi connectivity index (χ4n) is 2.07. The van der Waals surface area contributed by atoms with Gasteiger partial charge in [-0.2, -0.15) is 0 Å². The highest BCUT2D eigenvalue weighted by molar-refractivity contribution is 6.37. The zero-order valence-electron chi connectivity index (χ0n) is 11.4. The zero-order chi connectivity index (χ0) is 16.3. The zero-order valence-corrected chi connectivity index (χ0v) is 11.4. The number of nitrogens with two attached hydrogens (primary N) is 1. The Morgan fingerprint density at radius 1 is 0.818 bits per heavy atom. The number of benzene rings is 2. The lowest BCUT2D eigenvalue weighted by Crippen LogP contribution is -2.17. The minimum Gasteiger partial charge on any atom is -0.508 e. The van der Waals surface area contributed by atoms with E-state index >= 15 is 0 Å². The summed E-state index contributed by atoms with van der Waals surface area (Å²) < 4.78 is 0. The van der Waals surface area contributed by atoms with Gasteiger partial charge in [0.15, 0.2) is 0 Å². The number of aromatic hydroxyl groups is 2. The van der Waals surface area contributed by atoms with E-state index in [4.69, 9.17) is 5.73 Å². The van der Waals surface area contributed by atoms with Crippen LogP contribution in [0.5, 0.6) is 11.5 Å². The molecule has 0 saturated heterocycles. The number of primary amides is 1. The number of phenols is 2. The van der Waals surface area contributed by atoms with Crippen molar-refractivity contribution in [3.05, 3.63) is 59.7 Å². The number of aliphatic carboxylic acids is 1. The number of carbonyl (C=O) groups is 2. The van der Waals surface area contributed by atoms with Crippen LogP contribution < -0.4 is 5.73 Å². The summed E-state index contributed by atoms with van der Waals surface area (Å²) in [6.45, 7) is 0. The summed E-state index contributed by atoms with van der Waals surface area (Å²) in [5.41, 5.74) is 5.20. The molecule has 0 aliphatic carbocycles. The number of phenolic OH excluding ortho intramolecular Hbond substituents is 2. The average molecular weight is 299 g/mol. The second-order valence-corrected chi connectivity index (χ2v) is 4.52. The molecule has 0 aliphatic heterocycles. The Labute approximate surface area is 125 Å². The monoisotopic (exact) mass is 299 g/mol. The molecule has 0 bridgehead atoms. The SMILES string of the molecule is NC(=O)/C(=C(\C(=O)O)c1cccc(O)c1)c1ccc(O)cc1. The molecule has 0 fully saturated rings. The molecule has 2 rings (SSSR count). The van der Waals surface area contributed by atoms with Crippen molar-refractivity contribution in [3.8, 4) is 11.5 Å². The first-order valence-electron chi connectivity index (χ1n) is 6.26. The van der Waals surface area contributed by atoms with Gasteiger partial charge in [-0.05, 0) is 35.4 Å². The van der Waals surface area contributed by atoms with E-state index in [2.05, 4.69) is 0 Å². The van der Waals surface area contributed by atoms with Gasteiger partial charge in [0, 0.05) is 0 Å². The molecule has 2 aromatic carbocycles. The molecule has 22 heavy (non-hydrogen) atoms. The molecule has 0 heterocycles. The molecule has 0 atom stereocenters. The van der Waals surface area contributed by atoms with E-state index < -0.39 is 11.9 Å². The average Bonchev–Trinajstić information content (AvgIpc) is 2.45. The van der Waals surface area contributed by atoms with Gasteiger partial charge < -0.3 is 21.1 Å². The molecule has 2 aromatic rings. The Balaban J connectivity index is 2.76. The van der Waals surface area contributed by atoms with Crippen molar-refractivity contribution >= 4 is 23.0 Å². The van der Waals surface area contributed by atoms with Crippen molar-refractivity contribution in [1.29, 1.82) is 0 Å². The minimum atomic E-state index is -1.35. The summed E-state index contributed by atoms with van der Waals surface area (Å²) in [5.74, 6) is -2.44. The highest BCUT2D eigenvalue weighted by atomic mass is 16.4. The molecule has 0 spiro atoms. The first kappa shape index (κ1) is 15.1. The van der Waals surface area contributed by atoms with Gasteiger partial charge in [0.1, 0.15) is 11.5 Å². The fourth-order valence-corrected chi connectivity index (χ4v) is 2.07. The van der Waals surface area contributed by atoms with Gasteiger partial charge in [-0.15, -0.1) is 0 Å². The van der Waals surface area contributed by atoms with Crippen molar-refractivity contribution in [2.75, 3.05) is 0 Å². The van der Waals surface area contributed by atoms with Gasteiger partial charge in [0.25, 0.3) is 0 Å². The van der Waals surface area contributed by atoms with E-state index in [9.17, 15) is 24.9 Å². The van der Waals surface area contributed by atoms with E-state index in [1.165, 1.54) is 48.5 Å². The smallest absolute Gasteiger partial charge is 0.337 e. The van der Waals surface area contributed by atoms with Crippen molar-refractivity contribution in [1.82, 2.24) is 0 Å². The highest BCUT2D eigenvalue weighted by Gasteiger charge is 2.22. The van der Waals surface area contributed by atoms with Crippen LogP contribution in [0.25, 0.3) is 11.1 Å². The summed E-state index contributed by atoms with van der Waals surface area (Å²) in [4.78, 5) is 23.4. The quantitative estimate of drug-likeness (QED) is 0.504. The van der Waals surface area contributed by atoms with Gasteiger partial charge in [-0.25, -0.2) is 4.79 Å². The Hall–Kier alpha value is -3.28. The van der Waals surface area contributed by atoms with Gasteiger partial charge in [-0.1, -0.05) is 24.3 Å². The molecule has 1 amide bonds. The Kier molecular flexibility index (Phi) is 4.13. The van der Waals surface area contributed by atoms with Crippen LogP contribution in [0, 0.1) is 0 Å². The third-order valence-electron chi connectivity index (χ3n) is 3.00. The molecule has 0 unspecified atom stereocenters. The number of carboxylic acids is 1.